The summed E-state index contributed by atoms with van der Waals surface area (Å²) in [6, 6.07) is 2.65. The molecule has 0 amide bonds. The summed E-state index contributed by atoms with van der Waals surface area (Å²) in [4.78, 5) is 4.19. The fourth-order valence-electron chi connectivity index (χ4n) is 1.74. The Morgan fingerprint density at radius 1 is 1.35 bits per heavy atom. The molecule has 1 aromatic carbocycles. The molecule has 1 aromatic heterocycles. The van der Waals surface area contributed by atoms with Crippen LogP contribution in [0.15, 0.2) is 26.7 Å². The number of benzene rings is 1. The van der Waals surface area contributed by atoms with Crippen LogP contribution >= 0.6 is 23.1 Å². The largest absolute Gasteiger partial charge is 0.327 e. The SMILES string of the molecule is CCC(N)Cc1cc(F)c(Sc2nc(C)cs2)c(F)c1. The molecule has 2 nitrogen and oxygen atoms in total. The molecule has 20 heavy (non-hydrogen) atoms. The molecule has 0 bridgehead atoms. The summed E-state index contributed by atoms with van der Waals surface area (Å²) in [6.45, 7) is 3.80. The quantitative estimate of drug-likeness (QED) is 0.900. The first-order valence-corrected chi connectivity index (χ1v) is 8.02. The number of nitrogens with zero attached hydrogens (tertiary/aromatic N) is 1. The third kappa shape index (κ3) is 3.77. The Morgan fingerprint density at radius 2 is 2.00 bits per heavy atom. The number of hydrogen-bond acceptors (Lipinski definition) is 4. The van der Waals surface area contributed by atoms with Crippen LogP contribution < -0.4 is 5.73 Å². The summed E-state index contributed by atoms with van der Waals surface area (Å²) in [6.07, 6.45) is 1.25. The van der Waals surface area contributed by atoms with E-state index < -0.39 is 11.6 Å². The predicted octanol–water partition coefficient (Wildman–Crippen LogP) is 4.16. The normalized spacial score (nSPS) is 12.7. The average molecular weight is 314 g/mol. The molecule has 0 aliphatic carbocycles. The maximum Gasteiger partial charge on any atom is 0.155 e. The standard InChI is InChI=1S/C14H16F2N2S2/c1-3-10(17)4-9-5-11(15)13(12(16)6-9)20-14-18-8(2)7-19-14/h5-7,10H,3-4,17H2,1-2H3. The van der Waals surface area contributed by atoms with Crippen molar-refractivity contribution >= 4 is 23.1 Å². The van der Waals surface area contributed by atoms with Crippen molar-refractivity contribution in [3.63, 3.8) is 0 Å². The van der Waals surface area contributed by atoms with Crippen molar-refractivity contribution in [2.24, 2.45) is 5.73 Å². The first-order valence-electron chi connectivity index (χ1n) is 6.33. The van der Waals surface area contributed by atoms with E-state index in [9.17, 15) is 8.78 Å². The van der Waals surface area contributed by atoms with E-state index >= 15 is 0 Å². The molecule has 0 radical (unpaired) electrons. The molecule has 0 aliphatic heterocycles. The van der Waals surface area contributed by atoms with Crippen molar-refractivity contribution in [3.8, 4) is 0 Å². The van der Waals surface area contributed by atoms with Crippen molar-refractivity contribution < 1.29 is 8.78 Å². The van der Waals surface area contributed by atoms with Crippen LogP contribution in [0, 0.1) is 18.6 Å². The van der Waals surface area contributed by atoms with Gasteiger partial charge in [-0.25, -0.2) is 13.8 Å². The van der Waals surface area contributed by atoms with Crippen LogP contribution in [0.3, 0.4) is 0 Å². The highest BCUT2D eigenvalue weighted by Crippen LogP contribution is 2.34. The van der Waals surface area contributed by atoms with Crippen LogP contribution in [0.5, 0.6) is 0 Å². The topological polar surface area (TPSA) is 38.9 Å². The molecule has 2 aromatic rings. The molecule has 0 saturated carbocycles. The first-order chi connectivity index (χ1) is 9.49. The Bertz CT molecular complexity index is 576. The zero-order chi connectivity index (χ0) is 14.7. The second-order valence-corrected chi connectivity index (χ2v) is 6.73. The van der Waals surface area contributed by atoms with Gasteiger partial charge in [-0.3, -0.25) is 0 Å². The summed E-state index contributed by atoms with van der Waals surface area (Å²) < 4.78 is 28.7. The van der Waals surface area contributed by atoms with Crippen LogP contribution in [0.4, 0.5) is 8.78 Å². The maximum atomic E-state index is 14.0. The molecule has 6 heteroatoms. The minimum Gasteiger partial charge on any atom is -0.327 e. The van der Waals surface area contributed by atoms with Gasteiger partial charge in [0.05, 0.1) is 4.90 Å². The molecule has 1 atom stereocenters. The molecule has 0 fully saturated rings. The minimum atomic E-state index is -0.554. The van der Waals surface area contributed by atoms with Gasteiger partial charge in [0.25, 0.3) is 0 Å². The molecular formula is C14H16F2N2S2. The van der Waals surface area contributed by atoms with E-state index in [0.717, 1.165) is 23.9 Å². The van der Waals surface area contributed by atoms with Gasteiger partial charge in [0, 0.05) is 17.1 Å². The van der Waals surface area contributed by atoms with Crippen molar-refractivity contribution in [3.05, 3.63) is 40.4 Å². The summed E-state index contributed by atoms with van der Waals surface area (Å²) >= 11 is 2.40. The van der Waals surface area contributed by atoms with Crippen molar-refractivity contribution in [2.75, 3.05) is 0 Å². The van der Waals surface area contributed by atoms with Gasteiger partial charge in [-0.2, -0.15) is 0 Å². The van der Waals surface area contributed by atoms with Crippen LogP contribution in [0.25, 0.3) is 0 Å². The van der Waals surface area contributed by atoms with Gasteiger partial charge in [0.1, 0.15) is 11.6 Å². The van der Waals surface area contributed by atoms with Gasteiger partial charge >= 0.3 is 0 Å². The smallest absolute Gasteiger partial charge is 0.155 e. The molecule has 0 spiro atoms. The van der Waals surface area contributed by atoms with Crippen molar-refractivity contribution in [1.29, 1.82) is 0 Å². The number of halogens is 2. The van der Waals surface area contributed by atoms with E-state index in [1.165, 1.54) is 23.5 Å². The number of thiazole rings is 1. The average Bonchev–Trinajstić information content (AvgIpc) is 2.79. The summed E-state index contributed by atoms with van der Waals surface area (Å²) in [5.41, 5.74) is 7.25. The van der Waals surface area contributed by atoms with Gasteiger partial charge in [-0.1, -0.05) is 18.7 Å². The molecule has 0 saturated heterocycles. The van der Waals surface area contributed by atoms with Crippen LogP contribution in [0.2, 0.25) is 0 Å². The van der Waals surface area contributed by atoms with Gasteiger partial charge in [0.2, 0.25) is 0 Å². The zero-order valence-electron chi connectivity index (χ0n) is 11.3. The lowest BCUT2D eigenvalue weighted by Crippen LogP contribution is -2.21. The molecule has 108 valence electrons. The van der Waals surface area contributed by atoms with E-state index in [2.05, 4.69) is 4.98 Å². The molecule has 1 heterocycles. The Hall–Kier alpha value is -0.980. The lowest BCUT2D eigenvalue weighted by atomic mass is 10.0. The van der Waals surface area contributed by atoms with Gasteiger partial charge in [0.15, 0.2) is 4.34 Å². The van der Waals surface area contributed by atoms with Crippen molar-refractivity contribution in [1.82, 2.24) is 4.98 Å². The van der Waals surface area contributed by atoms with Crippen LogP contribution in [-0.4, -0.2) is 11.0 Å². The number of aryl methyl sites for hydroxylation is 1. The van der Waals surface area contributed by atoms with Crippen LogP contribution in [0.1, 0.15) is 24.6 Å². The van der Waals surface area contributed by atoms with E-state index in [-0.39, 0.29) is 10.9 Å². The van der Waals surface area contributed by atoms with E-state index in [4.69, 9.17) is 5.73 Å². The minimum absolute atomic E-state index is 0.00632. The highest BCUT2D eigenvalue weighted by molar-refractivity contribution is 8.01. The van der Waals surface area contributed by atoms with Crippen molar-refractivity contribution in [2.45, 2.75) is 42.0 Å². The number of aromatic nitrogens is 1. The number of rotatable bonds is 5. The molecule has 2 N–H and O–H groups in total. The molecule has 0 aliphatic rings. The number of nitrogens with two attached hydrogens (primary N) is 1. The van der Waals surface area contributed by atoms with E-state index in [1.54, 1.807) is 0 Å². The number of hydrogen-bond donors (Lipinski definition) is 1. The highest BCUT2D eigenvalue weighted by Gasteiger charge is 2.15. The van der Waals surface area contributed by atoms with Gasteiger partial charge in [-0.15, -0.1) is 11.3 Å². The summed E-state index contributed by atoms with van der Waals surface area (Å²) in [5.74, 6) is -1.11. The second kappa shape index (κ2) is 6.65. The Morgan fingerprint density at radius 3 is 2.50 bits per heavy atom. The fourth-order valence-corrected chi connectivity index (χ4v) is 3.53. The second-order valence-electron chi connectivity index (χ2n) is 4.62. The lowest BCUT2D eigenvalue weighted by Gasteiger charge is -2.10. The zero-order valence-corrected chi connectivity index (χ0v) is 13.0. The van der Waals surface area contributed by atoms with Crippen LogP contribution in [-0.2, 0) is 6.42 Å². The summed E-state index contributed by atoms with van der Waals surface area (Å²) in [7, 11) is 0. The van der Waals surface area contributed by atoms with Gasteiger partial charge in [-0.05, 0) is 37.5 Å². The first kappa shape index (κ1) is 15.4. The highest BCUT2D eigenvalue weighted by atomic mass is 32.2. The Kier molecular flexibility index (Phi) is 5.12. The third-order valence-corrected chi connectivity index (χ3v) is 5.02. The molecular weight excluding hydrogens is 298 g/mol. The van der Waals surface area contributed by atoms with Gasteiger partial charge < -0.3 is 5.73 Å². The van der Waals surface area contributed by atoms with E-state index in [0.29, 0.717) is 16.3 Å². The lowest BCUT2D eigenvalue weighted by molar-refractivity contribution is 0.533. The Balaban J connectivity index is 2.22. The predicted molar refractivity (Wildman–Crippen MR) is 79.3 cm³/mol. The molecule has 1 unspecified atom stereocenters. The maximum absolute atomic E-state index is 14.0. The van der Waals surface area contributed by atoms with E-state index in [1.807, 2.05) is 19.2 Å². The monoisotopic (exact) mass is 314 g/mol. The molecule has 2 rings (SSSR count). The fraction of sp³-hybridized carbons (Fsp3) is 0.357. The Labute approximate surface area is 125 Å². The third-order valence-electron chi connectivity index (χ3n) is 2.87. The summed E-state index contributed by atoms with van der Waals surface area (Å²) in [5, 5.41) is 1.85.